The molecule has 0 aliphatic carbocycles. The molecule has 0 bridgehead atoms. The van der Waals surface area contributed by atoms with Crippen LogP contribution in [0, 0.1) is 0 Å². The summed E-state index contributed by atoms with van der Waals surface area (Å²) in [6.07, 6.45) is 5.98. The molecule has 0 amide bonds. The fraction of sp³-hybridized carbons (Fsp3) is 0.333. The Hall–Kier alpha value is -0.960. The lowest BCUT2D eigenvalue weighted by molar-refractivity contribution is 1.37. The largest absolute Gasteiger partial charge is 0.173 e. The van der Waals surface area contributed by atoms with Crippen molar-refractivity contribution in [3.8, 4) is 0 Å². The van der Waals surface area contributed by atoms with E-state index in [1.165, 1.54) is 17.3 Å². The van der Waals surface area contributed by atoms with E-state index < -0.39 is 0 Å². The highest BCUT2D eigenvalue weighted by atomic mass is 32.1. The number of aromatic nitrogens is 2. The summed E-state index contributed by atoms with van der Waals surface area (Å²) in [5.41, 5.74) is 3.18. The van der Waals surface area contributed by atoms with Crippen LogP contribution in [0.3, 0.4) is 0 Å². The van der Waals surface area contributed by atoms with E-state index in [1.807, 2.05) is 25.2 Å². The van der Waals surface area contributed by atoms with Crippen molar-refractivity contribution < 1.29 is 0 Å². The molecule has 0 aliphatic rings. The van der Waals surface area contributed by atoms with Gasteiger partial charge in [-0.3, -0.25) is 0 Å². The molecule has 0 radical (unpaired) electrons. The Bertz CT molecular complexity index is 306. The van der Waals surface area contributed by atoms with Gasteiger partial charge in [0.2, 0.25) is 0 Å². The zero-order valence-corrected chi connectivity index (χ0v) is 8.35. The summed E-state index contributed by atoms with van der Waals surface area (Å²) in [5, 5.41) is 0. The maximum atomic E-state index is 4.18. The molecule has 1 heterocycles. The van der Waals surface area contributed by atoms with Crippen LogP contribution in [0.1, 0.15) is 32.2 Å². The van der Waals surface area contributed by atoms with Gasteiger partial charge in [-0.1, -0.05) is 11.6 Å². The lowest BCUT2D eigenvalue weighted by Gasteiger charge is -1.88. The first-order valence-corrected chi connectivity index (χ1v) is 4.57. The Balaban J connectivity index is 2.99. The minimum atomic E-state index is 0.962. The van der Waals surface area contributed by atoms with Crippen LogP contribution in [-0.2, 0) is 0 Å². The second-order valence-corrected chi connectivity index (χ2v) is 3.28. The molecule has 3 heteroatoms. The third-order valence-electron chi connectivity index (χ3n) is 1.29. The topological polar surface area (TPSA) is 25.8 Å². The van der Waals surface area contributed by atoms with Gasteiger partial charge in [0.05, 0.1) is 11.7 Å². The van der Waals surface area contributed by atoms with Crippen LogP contribution in [0.4, 0.5) is 0 Å². The van der Waals surface area contributed by atoms with Gasteiger partial charge in [0.25, 0.3) is 0 Å². The van der Waals surface area contributed by atoms with Gasteiger partial charge >= 0.3 is 0 Å². The normalized spacial score (nSPS) is 10.6. The minimum absolute atomic E-state index is 0.962. The number of nitrogens with zero attached hydrogens (tertiary/aromatic N) is 2. The second-order valence-electron chi connectivity index (χ2n) is 2.76. The zero-order valence-electron chi connectivity index (χ0n) is 7.53. The van der Waals surface area contributed by atoms with Gasteiger partial charge in [0.15, 0.2) is 0 Å². The number of rotatable bonds is 2. The lowest BCUT2D eigenvalue weighted by atomic mass is 10.2. The lowest BCUT2D eigenvalue weighted by Crippen LogP contribution is -1.77. The minimum Gasteiger partial charge on any atom is -0.173 e. The van der Waals surface area contributed by atoms with E-state index >= 15 is 0 Å². The highest BCUT2D eigenvalue weighted by molar-refractivity contribution is 6.99. The molecule has 12 heavy (non-hydrogen) atoms. The summed E-state index contributed by atoms with van der Waals surface area (Å²) < 4.78 is 8.34. The molecule has 0 fully saturated rings. The van der Waals surface area contributed by atoms with E-state index in [1.54, 1.807) is 0 Å². The first kappa shape index (κ1) is 9.13. The molecule has 1 aromatic rings. The van der Waals surface area contributed by atoms with Crippen molar-refractivity contribution in [1.82, 2.24) is 8.75 Å². The molecule has 0 aliphatic heterocycles. The molecular formula is C9H12N2S. The first-order chi connectivity index (χ1) is 5.74. The molecule has 0 atom stereocenters. The highest BCUT2D eigenvalue weighted by Crippen LogP contribution is 2.11. The molecular weight excluding hydrogens is 168 g/mol. The summed E-state index contributed by atoms with van der Waals surface area (Å²) in [7, 11) is 0. The summed E-state index contributed by atoms with van der Waals surface area (Å²) >= 11 is 1.25. The van der Waals surface area contributed by atoms with Crippen LogP contribution in [-0.4, -0.2) is 8.75 Å². The second kappa shape index (κ2) is 4.16. The van der Waals surface area contributed by atoms with Gasteiger partial charge in [-0.15, -0.1) is 0 Å². The molecule has 1 rings (SSSR count). The van der Waals surface area contributed by atoms with Crippen molar-refractivity contribution in [3.05, 3.63) is 23.0 Å². The van der Waals surface area contributed by atoms with Crippen molar-refractivity contribution in [2.75, 3.05) is 0 Å². The van der Waals surface area contributed by atoms with Gasteiger partial charge in [-0.25, -0.2) is 0 Å². The van der Waals surface area contributed by atoms with Crippen molar-refractivity contribution >= 4 is 23.9 Å². The van der Waals surface area contributed by atoms with E-state index in [9.17, 15) is 0 Å². The molecule has 0 saturated carbocycles. The van der Waals surface area contributed by atoms with E-state index in [0.717, 1.165) is 11.4 Å². The van der Waals surface area contributed by atoms with Crippen LogP contribution >= 0.6 is 11.7 Å². The Kier molecular flexibility index (Phi) is 3.17. The Morgan fingerprint density at radius 3 is 2.50 bits per heavy atom. The smallest absolute Gasteiger partial charge is 0.104 e. The fourth-order valence-corrected chi connectivity index (χ4v) is 1.37. The Labute approximate surface area is 77.0 Å². The number of hydrogen-bond donors (Lipinski definition) is 0. The molecule has 0 aromatic carbocycles. The van der Waals surface area contributed by atoms with E-state index in [-0.39, 0.29) is 0 Å². The molecule has 0 spiro atoms. The average molecular weight is 180 g/mol. The average Bonchev–Trinajstić information content (AvgIpc) is 2.37. The highest BCUT2D eigenvalue weighted by Gasteiger charge is 1.99. The van der Waals surface area contributed by atoms with Crippen LogP contribution in [0.15, 0.2) is 11.6 Å². The number of allylic oxidation sites excluding steroid dienone is 2. The quantitative estimate of drug-likeness (QED) is 0.699. The molecule has 64 valence electrons. The SMILES string of the molecule is C/C=C\c1nsnc1C=C(C)C. The van der Waals surface area contributed by atoms with Gasteiger partial charge in [0.1, 0.15) is 11.4 Å². The van der Waals surface area contributed by atoms with Gasteiger partial charge in [-0.05, 0) is 32.9 Å². The van der Waals surface area contributed by atoms with Gasteiger partial charge < -0.3 is 0 Å². The standard InChI is InChI=1S/C9H12N2S/c1-4-5-8-9(6-7(2)3)11-12-10-8/h4-6H,1-3H3/b5-4-. The van der Waals surface area contributed by atoms with Crippen molar-refractivity contribution in [3.63, 3.8) is 0 Å². The first-order valence-electron chi connectivity index (χ1n) is 3.84. The number of hydrogen-bond acceptors (Lipinski definition) is 3. The van der Waals surface area contributed by atoms with Crippen LogP contribution in [0.2, 0.25) is 0 Å². The zero-order chi connectivity index (χ0) is 8.97. The van der Waals surface area contributed by atoms with E-state index in [2.05, 4.69) is 22.6 Å². The summed E-state index contributed by atoms with van der Waals surface area (Å²) in [6.45, 7) is 6.09. The fourth-order valence-electron chi connectivity index (χ4n) is 0.849. The van der Waals surface area contributed by atoms with Crippen molar-refractivity contribution in [2.45, 2.75) is 20.8 Å². The van der Waals surface area contributed by atoms with Crippen LogP contribution in [0.5, 0.6) is 0 Å². The molecule has 0 N–H and O–H groups in total. The third kappa shape index (κ3) is 2.27. The summed E-state index contributed by atoms with van der Waals surface area (Å²) in [4.78, 5) is 0. The third-order valence-corrected chi connectivity index (χ3v) is 1.85. The molecule has 0 saturated heterocycles. The van der Waals surface area contributed by atoms with E-state index in [0.29, 0.717) is 0 Å². The molecule has 0 unspecified atom stereocenters. The maximum absolute atomic E-state index is 4.18. The van der Waals surface area contributed by atoms with Crippen molar-refractivity contribution in [2.24, 2.45) is 0 Å². The molecule has 2 nitrogen and oxygen atoms in total. The molecule has 1 aromatic heterocycles. The van der Waals surface area contributed by atoms with Gasteiger partial charge in [-0.2, -0.15) is 8.75 Å². The predicted octanol–water partition coefficient (Wildman–Crippen LogP) is 2.99. The Morgan fingerprint density at radius 2 is 1.92 bits per heavy atom. The summed E-state index contributed by atoms with van der Waals surface area (Å²) in [5.74, 6) is 0. The summed E-state index contributed by atoms with van der Waals surface area (Å²) in [6, 6.07) is 0. The monoisotopic (exact) mass is 180 g/mol. The Morgan fingerprint density at radius 1 is 1.25 bits per heavy atom. The van der Waals surface area contributed by atoms with Crippen LogP contribution < -0.4 is 0 Å². The maximum Gasteiger partial charge on any atom is 0.104 e. The van der Waals surface area contributed by atoms with Gasteiger partial charge in [0, 0.05) is 0 Å². The van der Waals surface area contributed by atoms with E-state index in [4.69, 9.17) is 0 Å². The van der Waals surface area contributed by atoms with Crippen molar-refractivity contribution in [1.29, 1.82) is 0 Å². The predicted molar refractivity (Wildman–Crippen MR) is 53.9 cm³/mol. The van der Waals surface area contributed by atoms with Crippen LogP contribution in [0.25, 0.3) is 12.2 Å².